The normalized spacial score (nSPS) is 10.7. The van der Waals surface area contributed by atoms with Gasteiger partial charge in [0.1, 0.15) is 18.8 Å². The molecule has 6 nitrogen and oxygen atoms in total. The predicted octanol–water partition coefficient (Wildman–Crippen LogP) is 5.70. The molecule has 0 atom stereocenters. The number of amides is 2. The third-order valence-electron chi connectivity index (χ3n) is 4.13. The van der Waals surface area contributed by atoms with Gasteiger partial charge in [-0.15, -0.1) is 0 Å². The molecule has 0 bridgehead atoms. The first-order valence-corrected chi connectivity index (χ1v) is 10.6. The van der Waals surface area contributed by atoms with Crippen molar-refractivity contribution in [3.8, 4) is 5.75 Å². The van der Waals surface area contributed by atoms with Gasteiger partial charge in [-0.3, -0.25) is 9.59 Å². The number of ether oxygens (including phenoxy) is 1. The van der Waals surface area contributed by atoms with Crippen LogP contribution in [0.25, 0.3) is 0 Å². The molecule has 0 aliphatic heterocycles. The van der Waals surface area contributed by atoms with E-state index in [0.29, 0.717) is 33.1 Å². The van der Waals surface area contributed by atoms with E-state index in [-0.39, 0.29) is 0 Å². The minimum atomic E-state index is -0.554. The predicted molar refractivity (Wildman–Crippen MR) is 128 cm³/mol. The number of nitrogens with zero attached hydrogens (tertiary/aromatic N) is 1. The zero-order valence-electron chi connectivity index (χ0n) is 16.6. The van der Waals surface area contributed by atoms with E-state index in [1.54, 1.807) is 36.4 Å². The molecule has 0 heterocycles. The van der Waals surface area contributed by atoms with Crippen molar-refractivity contribution in [3.63, 3.8) is 0 Å². The molecule has 0 spiro atoms. The van der Waals surface area contributed by atoms with E-state index in [1.807, 2.05) is 24.3 Å². The van der Waals surface area contributed by atoms with Crippen LogP contribution in [-0.2, 0) is 16.2 Å². The summed E-state index contributed by atoms with van der Waals surface area (Å²) in [4.78, 5) is 23.8. The third-order valence-corrected chi connectivity index (χ3v) is 5.12. The SMILES string of the molecule is O=C(CC(=O)Nc1ccc(Cl)c(Cl)c1)N/N=C\c1ccc(OCc2ccc(Cl)cc2)cc1. The van der Waals surface area contributed by atoms with Gasteiger partial charge >= 0.3 is 0 Å². The fourth-order valence-corrected chi connectivity index (χ4v) is 2.96. The van der Waals surface area contributed by atoms with Crippen LogP contribution < -0.4 is 15.5 Å². The second-order valence-corrected chi connectivity index (χ2v) is 7.88. The maximum absolute atomic E-state index is 12.0. The van der Waals surface area contributed by atoms with E-state index < -0.39 is 18.2 Å². The number of benzene rings is 3. The smallest absolute Gasteiger partial charge is 0.249 e. The molecule has 3 rings (SSSR count). The molecule has 0 radical (unpaired) electrons. The topological polar surface area (TPSA) is 79.8 Å². The van der Waals surface area contributed by atoms with E-state index in [1.165, 1.54) is 12.3 Å². The van der Waals surface area contributed by atoms with E-state index in [4.69, 9.17) is 39.5 Å². The fourth-order valence-electron chi connectivity index (χ4n) is 2.54. The third kappa shape index (κ3) is 7.57. The lowest BCUT2D eigenvalue weighted by Gasteiger charge is -2.07. The van der Waals surface area contributed by atoms with Gasteiger partial charge in [0.15, 0.2) is 0 Å². The molecular formula is C23H18Cl3N3O3. The zero-order chi connectivity index (χ0) is 22.9. The number of nitrogens with one attached hydrogen (secondary N) is 2. The average molecular weight is 491 g/mol. The molecule has 0 aliphatic carbocycles. The number of rotatable bonds is 8. The minimum Gasteiger partial charge on any atom is -0.489 e. The second-order valence-electron chi connectivity index (χ2n) is 6.63. The molecule has 0 aromatic heterocycles. The summed E-state index contributed by atoms with van der Waals surface area (Å²) < 4.78 is 5.72. The Balaban J connectivity index is 1.42. The van der Waals surface area contributed by atoms with Gasteiger partial charge in [-0.2, -0.15) is 5.10 Å². The van der Waals surface area contributed by atoms with Crippen molar-refractivity contribution in [2.75, 3.05) is 5.32 Å². The summed E-state index contributed by atoms with van der Waals surface area (Å²) in [7, 11) is 0. The first kappa shape index (κ1) is 23.6. The Kier molecular flexibility index (Phi) is 8.50. The van der Waals surface area contributed by atoms with Crippen LogP contribution in [0, 0.1) is 0 Å². The summed E-state index contributed by atoms with van der Waals surface area (Å²) in [6, 6.07) is 19.2. The van der Waals surface area contributed by atoms with Crippen LogP contribution in [0.1, 0.15) is 17.5 Å². The summed E-state index contributed by atoms with van der Waals surface area (Å²) in [6.45, 7) is 0.422. The van der Waals surface area contributed by atoms with Crippen molar-refractivity contribution in [2.24, 2.45) is 5.10 Å². The molecule has 0 saturated carbocycles. The van der Waals surface area contributed by atoms with Crippen molar-refractivity contribution in [1.82, 2.24) is 5.43 Å². The molecular weight excluding hydrogens is 473 g/mol. The number of halogens is 3. The van der Waals surface area contributed by atoms with Gasteiger partial charge in [-0.1, -0.05) is 46.9 Å². The molecule has 0 aliphatic rings. The number of anilines is 1. The Morgan fingerprint density at radius 3 is 2.28 bits per heavy atom. The van der Waals surface area contributed by atoms with Crippen molar-refractivity contribution < 1.29 is 14.3 Å². The maximum atomic E-state index is 12.0. The Morgan fingerprint density at radius 1 is 0.875 bits per heavy atom. The van der Waals surface area contributed by atoms with Crippen LogP contribution in [0.4, 0.5) is 5.69 Å². The maximum Gasteiger partial charge on any atom is 0.249 e. The lowest BCUT2D eigenvalue weighted by molar-refractivity contribution is -0.126. The van der Waals surface area contributed by atoms with E-state index in [2.05, 4.69) is 15.8 Å². The van der Waals surface area contributed by atoms with Gasteiger partial charge in [0.05, 0.1) is 16.3 Å². The summed E-state index contributed by atoms with van der Waals surface area (Å²) in [6.07, 6.45) is 1.08. The number of carbonyl (C=O) groups excluding carboxylic acids is 2. The summed E-state index contributed by atoms with van der Waals surface area (Å²) in [5.74, 6) is -0.361. The van der Waals surface area contributed by atoms with E-state index in [9.17, 15) is 9.59 Å². The molecule has 164 valence electrons. The van der Waals surface area contributed by atoms with E-state index in [0.717, 1.165) is 11.1 Å². The highest BCUT2D eigenvalue weighted by Gasteiger charge is 2.10. The Bertz CT molecular complexity index is 1120. The minimum absolute atomic E-state index is 0.305. The van der Waals surface area contributed by atoms with Crippen LogP contribution in [0.3, 0.4) is 0 Å². The molecule has 9 heteroatoms. The number of hydrogen-bond donors (Lipinski definition) is 2. The number of hydrazone groups is 1. The summed E-state index contributed by atoms with van der Waals surface area (Å²) in [5.41, 5.74) is 4.52. The van der Waals surface area contributed by atoms with Gasteiger partial charge < -0.3 is 10.1 Å². The highest BCUT2D eigenvalue weighted by molar-refractivity contribution is 6.42. The average Bonchev–Trinajstić information content (AvgIpc) is 2.77. The van der Waals surface area contributed by atoms with Crippen LogP contribution in [-0.4, -0.2) is 18.0 Å². The molecule has 0 fully saturated rings. The van der Waals surface area contributed by atoms with Gasteiger partial charge in [0.25, 0.3) is 0 Å². The lowest BCUT2D eigenvalue weighted by atomic mass is 10.2. The van der Waals surface area contributed by atoms with Crippen molar-refractivity contribution in [2.45, 2.75) is 13.0 Å². The van der Waals surface area contributed by atoms with Crippen LogP contribution in [0.2, 0.25) is 15.1 Å². The fraction of sp³-hybridized carbons (Fsp3) is 0.0870. The van der Waals surface area contributed by atoms with Gasteiger partial charge in [0, 0.05) is 10.7 Å². The first-order valence-electron chi connectivity index (χ1n) is 9.43. The van der Waals surface area contributed by atoms with Gasteiger partial charge in [-0.05, 0) is 65.7 Å². The summed E-state index contributed by atoms with van der Waals surface area (Å²) in [5, 5.41) is 7.78. The lowest BCUT2D eigenvalue weighted by Crippen LogP contribution is -2.24. The van der Waals surface area contributed by atoms with Crippen molar-refractivity contribution >= 4 is 58.5 Å². The molecule has 0 unspecified atom stereocenters. The van der Waals surface area contributed by atoms with Crippen molar-refractivity contribution in [1.29, 1.82) is 0 Å². The Morgan fingerprint density at radius 2 is 1.59 bits per heavy atom. The van der Waals surface area contributed by atoms with Gasteiger partial charge in [0.2, 0.25) is 11.8 Å². The van der Waals surface area contributed by atoms with Crippen LogP contribution in [0.5, 0.6) is 5.75 Å². The standard InChI is InChI=1S/C23H18Cl3N3O3/c24-17-5-1-16(2-6-17)14-32-19-8-3-15(4-9-19)13-27-29-23(31)12-22(30)28-18-7-10-20(25)21(26)11-18/h1-11,13H,12,14H2,(H,28,30)(H,29,31)/b27-13-. The van der Waals surface area contributed by atoms with Crippen molar-refractivity contribution in [3.05, 3.63) is 92.9 Å². The highest BCUT2D eigenvalue weighted by atomic mass is 35.5. The molecule has 2 amide bonds. The molecule has 32 heavy (non-hydrogen) atoms. The molecule has 2 N–H and O–H groups in total. The van der Waals surface area contributed by atoms with E-state index >= 15 is 0 Å². The number of hydrogen-bond acceptors (Lipinski definition) is 4. The summed E-state index contributed by atoms with van der Waals surface area (Å²) >= 11 is 17.6. The number of carbonyl (C=O) groups is 2. The second kappa shape index (κ2) is 11.5. The Hall–Kier alpha value is -3.06. The highest BCUT2D eigenvalue weighted by Crippen LogP contribution is 2.25. The molecule has 3 aromatic rings. The zero-order valence-corrected chi connectivity index (χ0v) is 18.9. The monoisotopic (exact) mass is 489 g/mol. The largest absolute Gasteiger partial charge is 0.489 e. The quantitative estimate of drug-likeness (QED) is 0.241. The Labute approximate surface area is 200 Å². The first-order chi connectivity index (χ1) is 15.4. The van der Waals surface area contributed by atoms with Crippen LogP contribution >= 0.6 is 34.8 Å². The molecule has 3 aromatic carbocycles. The molecule has 0 saturated heterocycles. The van der Waals surface area contributed by atoms with Gasteiger partial charge in [-0.25, -0.2) is 5.43 Å². The van der Waals surface area contributed by atoms with Crippen LogP contribution in [0.15, 0.2) is 71.8 Å².